The van der Waals surface area contributed by atoms with Crippen LogP contribution in [0.3, 0.4) is 0 Å². The van der Waals surface area contributed by atoms with E-state index in [1.165, 1.54) is 6.07 Å². The monoisotopic (exact) mass is 298 g/mol. The van der Waals surface area contributed by atoms with E-state index in [1.54, 1.807) is 18.2 Å². The van der Waals surface area contributed by atoms with E-state index in [4.69, 9.17) is 10.2 Å². The normalized spacial score (nSPS) is 10.4. The van der Waals surface area contributed by atoms with Gasteiger partial charge in [-0.25, -0.2) is 4.79 Å². The number of rotatable bonds is 7. The van der Waals surface area contributed by atoms with Gasteiger partial charge in [0.2, 0.25) is 0 Å². The Hall–Kier alpha value is -2.46. The van der Waals surface area contributed by atoms with E-state index in [0.29, 0.717) is 6.42 Å². The van der Waals surface area contributed by atoms with E-state index in [2.05, 4.69) is 0 Å². The molecule has 4 nitrogen and oxygen atoms in total. The van der Waals surface area contributed by atoms with Crippen LogP contribution >= 0.6 is 0 Å². The topological polar surface area (TPSA) is 74.6 Å². The molecule has 0 bridgehead atoms. The molecule has 0 saturated carbocycles. The predicted molar refractivity (Wildman–Crippen MR) is 83.3 cm³/mol. The number of aliphatic hydroxyl groups excluding tert-OH is 1. The average Bonchev–Trinajstić information content (AvgIpc) is 2.54. The van der Waals surface area contributed by atoms with E-state index in [1.807, 2.05) is 24.3 Å². The molecule has 0 aromatic heterocycles. The second kappa shape index (κ2) is 7.52. The van der Waals surface area contributed by atoms with Gasteiger partial charge >= 0.3 is 5.97 Å². The molecule has 2 aromatic carbocycles. The first kappa shape index (κ1) is 15.9. The summed E-state index contributed by atoms with van der Waals surface area (Å²) in [5.41, 5.74) is 2.22. The van der Waals surface area contributed by atoms with E-state index in [-0.39, 0.29) is 29.9 Å². The molecule has 2 aromatic rings. The fraction of sp³-hybridized carbons (Fsp3) is 0.222. The van der Waals surface area contributed by atoms with Gasteiger partial charge in [0.1, 0.15) is 0 Å². The zero-order valence-electron chi connectivity index (χ0n) is 12.2. The molecule has 0 amide bonds. The summed E-state index contributed by atoms with van der Waals surface area (Å²) in [6.07, 6.45) is 1.68. The number of benzene rings is 2. The largest absolute Gasteiger partial charge is 0.478 e. The van der Waals surface area contributed by atoms with Crippen LogP contribution in [0.15, 0.2) is 48.5 Å². The molecule has 0 aliphatic heterocycles. The SMILES string of the molecule is O=C(O)c1ccccc1C(=O)Cc1ccc(CCCO)cc1. The Labute approximate surface area is 129 Å². The molecule has 0 unspecified atom stereocenters. The molecule has 2 rings (SSSR count). The first-order chi connectivity index (χ1) is 10.6. The highest BCUT2D eigenvalue weighted by atomic mass is 16.4. The fourth-order valence-corrected chi connectivity index (χ4v) is 2.30. The van der Waals surface area contributed by atoms with Gasteiger partial charge < -0.3 is 10.2 Å². The van der Waals surface area contributed by atoms with Crippen molar-refractivity contribution in [3.8, 4) is 0 Å². The minimum atomic E-state index is -1.09. The predicted octanol–water partition coefficient (Wildman–Crippen LogP) is 2.74. The molecule has 0 heterocycles. The molecular formula is C18H18O4. The number of hydrogen-bond donors (Lipinski definition) is 2. The highest BCUT2D eigenvalue weighted by Crippen LogP contribution is 2.14. The summed E-state index contributed by atoms with van der Waals surface area (Å²) in [5.74, 6) is -1.30. The van der Waals surface area contributed by atoms with Crippen LogP contribution < -0.4 is 0 Å². The Morgan fingerprint density at radius 3 is 2.05 bits per heavy atom. The molecular weight excluding hydrogens is 280 g/mol. The molecule has 22 heavy (non-hydrogen) atoms. The number of carbonyl (C=O) groups is 2. The van der Waals surface area contributed by atoms with Crippen molar-refractivity contribution in [1.29, 1.82) is 0 Å². The molecule has 4 heteroatoms. The van der Waals surface area contributed by atoms with Crippen molar-refractivity contribution in [3.05, 3.63) is 70.8 Å². The lowest BCUT2D eigenvalue weighted by Gasteiger charge is -2.06. The number of Topliss-reactive ketones (excluding diaryl/α,β-unsaturated/α-hetero) is 1. The maximum atomic E-state index is 12.3. The van der Waals surface area contributed by atoms with E-state index < -0.39 is 5.97 Å². The van der Waals surface area contributed by atoms with Crippen LogP contribution in [0.2, 0.25) is 0 Å². The van der Waals surface area contributed by atoms with Crippen molar-refractivity contribution >= 4 is 11.8 Å². The zero-order chi connectivity index (χ0) is 15.9. The lowest BCUT2D eigenvalue weighted by atomic mass is 9.97. The van der Waals surface area contributed by atoms with E-state index in [0.717, 1.165) is 17.5 Å². The Kier molecular flexibility index (Phi) is 5.44. The number of hydrogen-bond acceptors (Lipinski definition) is 3. The third-order valence-electron chi connectivity index (χ3n) is 3.47. The van der Waals surface area contributed by atoms with Gasteiger partial charge in [0.25, 0.3) is 0 Å². The van der Waals surface area contributed by atoms with Crippen molar-refractivity contribution in [2.24, 2.45) is 0 Å². The standard InChI is InChI=1S/C18H18O4/c19-11-3-4-13-7-9-14(10-8-13)12-17(20)15-5-1-2-6-16(15)18(21)22/h1-2,5-10,19H,3-4,11-12H2,(H,21,22). The number of ketones is 1. The average molecular weight is 298 g/mol. The van der Waals surface area contributed by atoms with Crippen LogP contribution in [0, 0.1) is 0 Å². The third kappa shape index (κ3) is 4.02. The summed E-state index contributed by atoms with van der Waals surface area (Å²) >= 11 is 0. The van der Waals surface area contributed by atoms with Gasteiger partial charge in [0.15, 0.2) is 5.78 Å². The van der Waals surface area contributed by atoms with Crippen LogP contribution in [0.4, 0.5) is 0 Å². The Bertz CT molecular complexity index is 659. The number of carbonyl (C=O) groups excluding carboxylic acids is 1. The molecule has 2 N–H and O–H groups in total. The second-order valence-electron chi connectivity index (χ2n) is 5.09. The molecule has 0 radical (unpaired) electrons. The van der Waals surface area contributed by atoms with Crippen molar-refractivity contribution < 1.29 is 19.8 Å². The fourth-order valence-electron chi connectivity index (χ4n) is 2.30. The minimum absolute atomic E-state index is 0.0343. The molecule has 0 atom stereocenters. The lowest BCUT2D eigenvalue weighted by Crippen LogP contribution is -2.10. The quantitative estimate of drug-likeness (QED) is 0.771. The van der Waals surface area contributed by atoms with Gasteiger partial charge in [-0.3, -0.25) is 4.79 Å². The lowest BCUT2D eigenvalue weighted by molar-refractivity contribution is 0.0692. The summed E-state index contributed by atoms with van der Waals surface area (Å²) < 4.78 is 0. The number of aliphatic hydroxyl groups is 1. The van der Waals surface area contributed by atoms with Crippen molar-refractivity contribution in [3.63, 3.8) is 0 Å². The molecule has 114 valence electrons. The van der Waals surface area contributed by atoms with Crippen LogP contribution in [-0.4, -0.2) is 28.6 Å². The highest BCUT2D eigenvalue weighted by Gasteiger charge is 2.15. The van der Waals surface area contributed by atoms with Gasteiger partial charge in [-0.15, -0.1) is 0 Å². The highest BCUT2D eigenvalue weighted by molar-refractivity contribution is 6.06. The summed E-state index contributed by atoms with van der Waals surface area (Å²) in [5, 5.41) is 17.9. The number of carboxylic acids is 1. The van der Waals surface area contributed by atoms with Crippen molar-refractivity contribution in [1.82, 2.24) is 0 Å². The zero-order valence-corrected chi connectivity index (χ0v) is 12.2. The third-order valence-corrected chi connectivity index (χ3v) is 3.47. The summed E-state index contributed by atoms with van der Waals surface area (Å²) in [6.45, 7) is 0.159. The van der Waals surface area contributed by atoms with Crippen molar-refractivity contribution in [2.75, 3.05) is 6.61 Å². The molecule has 0 spiro atoms. The van der Waals surface area contributed by atoms with E-state index >= 15 is 0 Å². The summed E-state index contributed by atoms with van der Waals surface area (Å²) in [4.78, 5) is 23.5. The maximum Gasteiger partial charge on any atom is 0.336 e. The Balaban J connectivity index is 2.10. The van der Waals surface area contributed by atoms with Gasteiger partial charge in [-0.2, -0.15) is 0 Å². The first-order valence-electron chi connectivity index (χ1n) is 7.16. The molecule has 0 fully saturated rings. The van der Waals surface area contributed by atoms with Crippen LogP contribution in [0.5, 0.6) is 0 Å². The number of carboxylic acid groups (broad SMARTS) is 1. The van der Waals surface area contributed by atoms with Gasteiger partial charge in [-0.05, 0) is 30.0 Å². The van der Waals surface area contributed by atoms with Crippen LogP contribution in [0.25, 0.3) is 0 Å². The minimum Gasteiger partial charge on any atom is -0.478 e. The van der Waals surface area contributed by atoms with Crippen LogP contribution in [-0.2, 0) is 12.8 Å². The molecule has 0 aliphatic carbocycles. The van der Waals surface area contributed by atoms with Crippen LogP contribution in [0.1, 0.15) is 38.3 Å². The Morgan fingerprint density at radius 1 is 0.864 bits per heavy atom. The molecule has 0 saturated heterocycles. The smallest absolute Gasteiger partial charge is 0.336 e. The second-order valence-corrected chi connectivity index (χ2v) is 5.09. The Morgan fingerprint density at radius 2 is 1.45 bits per heavy atom. The number of aryl methyl sites for hydroxylation is 1. The van der Waals surface area contributed by atoms with Gasteiger partial charge in [0.05, 0.1) is 5.56 Å². The number of aromatic carboxylic acids is 1. The van der Waals surface area contributed by atoms with Gasteiger partial charge in [-0.1, -0.05) is 42.5 Å². The maximum absolute atomic E-state index is 12.3. The summed E-state index contributed by atoms with van der Waals surface area (Å²) in [7, 11) is 0. The van der Waals surface area contributed by atoms with E-state index in [9.17, 15) is 9.59 Å². The first-order valence-corrected chi connectivity index (χ1v) is 7.16. The van der Waals surface area contributed by atoms with Gasteiger partial charge in [0, 0.05) is 18.6 Å². The van der Waals surface area contributed by atoms with Crippen molar-refractivity contribution in [2.45, 2.75) is 19.3 Å². The molecule has 0 aliphatic rings. The summed E-state index contributed by atoms with van der Waals surface area (Å²) in [6, 6.07) is 13.9.